The number of amides is 1. The summed E-state index contributed by atoms with van der Waals surface area (Å²) in [6.45, 7) is 5.95. The fourth-order valence-electron chi connectivity index (χ4n) is 3.66. The van der Waals surface area contributed by atoms with Crippen LogP contribution >= 0.6 is 11.6 Å². The Morgan fingerprint density at radius 1 is 1.25 bits per heavy atom. The molecule has 152 valence electrons. The Hall–Kier alpha value is -1.92. The predicted molar refractivity (Wildman–Crippen MR) is 110 cm³/mol. The van der Waals surface area contributed by atoms with Gasteiger partial charge >= 0.3 is 0 Å². The molecule has 1 aromatic heterocycles. The van der Waals surface area contributed by atoms with Gasteiger partial charge in [0.1, 0.15) is 0 Å². The number of carbonyl (C=O) groups is 1. The first-order valence-corrected chi connectivity index (χ1v) is 10.5. The molecular formula is C21H29ClN4O2. The Morgan fingerprint density at radius 2 is 2.00 bits per heavy atom. The summed E-state index contributed by atoms with van der Waals surface area (Å²) in [5, 5.41) is 12.0. The van der Waals surface area contributed by atoms with Crippen molar-refractivity contribution >= 4 is 17.5 Å². The van der Waals surface area contributed by atoms with E-state index >= 15 is 0 Å². The lowest BCUT2D eigenvalue weighted by Gasteiger charge is -2.28. The van der Waals surface area contributed by atoms with Crippen molar-refractivity contribution in [2.24, 2.45) is 5.92 Å². The third-order valence-electron chi connectivity index (χ3n) is 5.22. The van der Waals surface area contributed by atoms with Gasteiger partial charge in [-0.2, -0.15) is 0 Å². The van der Waals surface area contributed by atoms with Gasteiger partial charge in [0.2, 0.25) is 17.7 Å². The van der Waals surface area contributed by atoms with Crippen LogP contribution in [0.5, 0.6) is 0 Å². The molecule has 0 aliphatic heterocycles. The number of benzene rings is 1. The second-order valence-electron chi connectivity index (χ2n) is 7.72. The molecule has 2 aromatic rings. The molecule has 1 heterocycles. The lowest BCUT2D eigenvalue weighted by Crippen LogP contribution is -2.43. The molecule has 1 saturated carbocycles. The van der Waals surface area contributed by atoms with Crippen molar-refractivity contribution in [3.05, 3.63) is 35.2 Å². The van der Waals surface area contributed by atoms with Crippen LogP contribution in [0.2, 0.25) is 5.02 Å². The van der Waals surface area contributed by atoms with Crippen molar-refractivity contribution < 1.29 is 9.21 Å². The highest BCUT2D eigenvalue weighted by Gasteiger charge is 2.21. The summed E-state index contributed by atoms with van der Waals surface area (Å²) in [6, 6.07) is 7.69. The van der Waals surface area contributed by atoms with Gasteiger partial charge in [-0.15, -0.1) is 10.2 Å². The molecule has 1 aromatic carbocycles. The number of nitrogens with zero attached hydrogens (tertiary/aromatic N) is 3. The zero-order chi connectivity index (χ0) is 19.9. The number of hydrogen-bond donors (Lipinski definition) is 1. The highest BCUT2D eigenvalue weighted by atomic mass is 35.5. The van der Waals surface area contributed by atoms with Gasteiger partial charge in [0.25, 0.3) is 0 Å². The van der Waals surface area contributed by atoms with Gasteiger partial charge in [0, 0.05) is 6.04 Å². The number of hydrogen-bond acceptors (Lipinski definition) is 5. The largest absolute Gasteiger partial charge is 0.419 e. The topological polar surface area (TPSA) is 71.3 Å². The van der Waals surface area contributed by atoms with Crippen LogP contribution in [0.15, 0.2) is 28.7 Å². The Labute approximate surface area is 171 Å². The fourth-order valence-corrected chi connectivity index (χ4v) is 3.88. The minimum atomic E-state index is 0.0684. The molecule has 1 N–H and O–H groups in total. The maximum absolute atomic E-state index is 12.5. The zero-order valence-corrected chi connectivity index (χ0v) is 17.4. The van der Waals surface area contributed by atoms with Crippen LogP contribution in [0.25, 0.3) is 11.5 Å². The number of carbonyl (C=O) groups excluding carboxylic acids is 1. The first-order chi connectivity index (χ1) is 13.5. The lowest BCUT2D eigenvalue weighted by molar-refractivity contribution is -0.123. The van der Waals surface area contributed by atoms with Gasteiger partial charge in [0.15, 0.2) is 0 Å². The van der Waals surface area contributed by atoms with Gasteiger partial charge in [0.05, 0.1) is 23.7 Å². The SMILES string of the molecule is CCCN(CC(=O)NC1CCC(C)CC1)Cc1nnc(-c2ccccc2Cl)o1. The monoisotopic (exact) mass is 404 g/mol. The third-order valence-corrected chi connectivity index (χ3v) is 5.55. The van der Waals surface area contributed by atoms with E-state index in [0.717, 1.165) is 31.7 Å². The standard InChI is InChI=1S/C21H29ClN4O2/c1-3-12-26(13-19(27)23-16-10-8-15(2)9-11-16)14-20-24-25-21(28-20)17-6-4-5-7-18(17)22/h4-7,15-16H,3,8-14H2,1-2H3,(H,23,27). The van der Waals surface area contributed by atoms with Crippen molar-refractivity contribution in [3.8, 4) is 11.5 Å². The smallest absolute Gasteiger partial charge is 0.249 e. The number of aromatic nitrogens is 2. The molecule has 1 aliphatic carbocycles. The first-order valence-electron chi connectivity index (χ1n) is 10.1. The van der Waals surface area contributed by atoms with Crippen LogP contribution in [0.3, 0.4) is 0 Å². The molecule has 0 saturated heterocycles. The van der Waals surface area contributed by atoms with Crippen LogP contribution in [0, 0.1) is 5.92 Å². The van der Waals surface area contributed by atoms with Crippen molar-refractivity contribution in [1.29, 1.82) is 0 Å². The second kappa shape index (κ2) is 10.0. The number of halogens is 1. The van der Waals surface area contributed by atoms with E-state index in [1.807, 2.05) is 23.1 Å². The summed E-state index contributed by atoms with van der Waals surface area (Å²) in [7, 11) is 0. The van der Waals surface area contributed by atoms with Gasteiger partial charge in [-0.25, -0.2) is 0 Å². The molecule has 0 unspecified atom stereocenters. The Balaban J connectivity index is 1.57. The van der Waals surface area contributed by atoms with E-state index in [1.54, 1.807) is 6.07 Å². The van der Waals surface area contributed by atoms with Crippen LogP contribution < -0.4 is 5.32 Å². The zero-order valence-electron chi connectivity index (χ0n) is 16.7. The molecule has 3 rings (SSSR count). The highest BCUT2D eigenvalue weighted by molar-refractivity contribution is 6.33. The maximum atomic E-state index is 12.5. The number of rotatable bonds is 8. The van der Waals surface area contributed by atoms with E-state index in [0.29, 0.717) is 41.5 Å². The van der Waals surface area contributed by atoms with Crippen molar-refractivity contribution in [3.63, 3.8) is 0 Å². The van der Waals surface area contributed by atoms with Gasteiger partial charge in [-0.3, -0.25) is 9.69 Å². The summed E-state index contributed by atoms with van der Waals surface area (Å²) in [6.07, 6.45) is 5.48. The molecule has 0 bridgehead atoms. The van der Waals surface area contributed by atoms with Gasteiger partial charge in [-0.1, -0.05) is 37.6 Å². The van der Waals surface area contributed by atoms with Crippen molar-refractivity contribution in [2.45, 2.75) is 58.5 Å². The Bertz CT molecular complexity index is 771. The molecular weight excluding hydrogens is 376 g/mol. The molecule has 1 aliphatic rings. The summed E-state index contributed by atoms with van der Waals surface area (Å²) in [5.41, 5.74) is 0.717. The summed E-state index contributed by atoms with van der Waals surface area (Å²) >= 11 is 6.20. The predicted octanol–water partition coefficient (Wildman–Crippen LogP) is 4.30. The van der Waals surface area contributed by atoms with Crippen molar-refractivity contribution in [2.75, 3.05) is 13.1 Å². The average molecular weight is 405 g/mol. The molecule has 1 amide bonds. The molecule has 0 spiro atoms. The highest BCUT2D eigenvalue weighted by Crippen LogP contribution is 2.26. The van der Waals surface area contributed by atoms with Crippen LogP contribution in [-0.4, -0.2) is 40.1 Å². The summed E-state index contributed by atoms with van der Waals surface area (Å²) in [5.74, 6) is 1.73. The summed E-state index contributed by atoms with van der Waals surface area (Å²) < 4.78 is 5.79. The molecule has 0 atom stereocenters. The third kappa shape index (κ3) is 5.79. The van der Waals surface area contributed by atoms with Crippen LogP contribution in [-0.2, 0) is 11.3 Å². The quantitative estimate of drug-likeness (QED) is 0.710. The van der Waals surface area contributed by atoms with E-state index in [1.165, 1.54) is 12.8 Å². The normalized spacial score (nSPS) is 19.7. The Kier molecular flexibility index (Phi) is 7.45. The van der Waals surface area contributed by atoms with E-state index < -0.39 is 0 Å². The molecule has 28 heavy (non-hydrogen) atoms. The molecule has 7 heteroatoms. The second-order valence-corrected chi connectivity index (χ2v) is 8.12. The van der Waals surface area contributed by atoms with Crippen LogP contribution in [0.1, 0.15) is 51.8 Å². The number of nitrogens with one attached hydrogen (secondary N) is 1. The summed E-state index contributed by atoms with van der Waals surface area (Å²) in [4.78, 5) is 14.5. The molecule has 1 fully saturated rings. The molecule has 6 nitrogen and oxygen atoms in total. The van der Waals surface area contributed by atoms with E-state index in [9.17, 15) is 4.79 Å². The minimum absolute atomic E-state index is 0.0684. The first kappa shape index (κ1) is 20.8. The lowest BCUT2D eigenvalue weighted by atomic mass is 9.87. The van der Waals surface area contributed by atoms with Gasteiger partial charge < -0.3 is 9.73 Å². The van der Waals surface area contributed by atoms with Crippen LogP contribution in [0.4, 0.5) is 0 Å². The fraction of sp³-hybridized carbons (Fsp3) is 0.571. The Morgan fingerprint density at radius 3 is 2.71 bits per heavy atom. The van der Waals surface area contributed by atoms with E-state index in [4.69, 9.17) is 16.0 Å². The maximum Gasteiger partial charge on any atom is 0.249 e. The van der Waals surface area contributed by atoms with Crippen molar-refractivity contribution in [1.82, 2.24) is 20.4 Å². The van der Waals surface area contributed by atoms with E-state index in [-0.39, 0.29) is 5.91 Å². The average Bonchev–Trinajstić information content (AvgIpc) is 3.12. The van der Waals surface area contributed by atoms with E-state index in [2.05, 4.69) is 29.4 Å². The minimum Gasteiger partial charge on any atom is -0.419 e. The molecule has 0 radical (unpaired) electrons. The van der Waals surface area contributed by atoms with Gasteiger partial charge in [-0.05, 0) is 56.7 Å².